The Morgan fingerprint density at radius 1 is 1.44 bits per heavy atom. The SMILES string of the molecule is CNc1cc(C)nc(CN(CCOC)C2CC2)n1. The number of methoxy groups -OCH3 is 1. The van der Waals surface area contributed by atoms with E-state index in [1.165, 1.54) is 12.8 Å². The summed E-state index contributed by atoms with van der Waals surface area (Å²) in [7, 11) is 3.63. The lowest BCUT2D eigenvalue weighted by Gasteiger charge is -2.20. The Balaban J connectivity index is 2.03. The van der Waals surface area contributed by atoms with Gasteiger partial charge in [-0.1, -0.05) is 0 Å². The molecule has 1 aromatic heterocycles. The molecule has 1 fully saturated rings. The molecule has 1 N–H and O–H groups in total. The summed E-state index contributed by atoms with van der Waals surface area (Å²) in [4.78, 5) is 11.4. The number of nitrogens with zero attached hydrogens (tertiary/aromatic N) is 3. The lowest BCUT2D eigenvalue weighted by atomic mass is 10.3. The lowest BCUT2D eigenvalue weighted by molar-refractivity contribution is 0.138. The molecule has 0 radical (unpaired) electrons. The zero-order chi connectivity index (χ0) is 13.0. The van der Waals surface area contributed by atoms with Crippen LogP contribution in [0.3, 0.4) is 0 Å². The van der Waals surface area contributed by atoms with Gasteiger partial charge in [0.1, 0.15) is 11.6 Å². The summed E-state index contributed by atoms with van der Waals surface area (Å²) in [5.41, 5.74) is 1.01. The Bertz CT molecular complexity index is 393. The maximum absolute atomic E-state index is 5.16. The van der Waals surface area contributed by atoms with Gasteiger partial charge >= 0.3 is 0 Å². The van der Waals surface area contributed by atoms with E-state index in [9.17, 15) is 0 Å². The van der Waals surface area contributed by atoms with Gasteiger partial charge in [-0.15, -0.1) is 0 Å². The Morgan fingerprint density at radius 3 is 2.83 bits per heavy atom. The number of nitrogens with one attached hydrogen (secondary N) is 1. The van der Waals surface area contributed by atoms with Crippen molar-refractivity contribution in [2.24, 2.45) is 0 Å². The number of aromatic nitrogens is 2. The molecule has 0 aromatic carbocycles. The van der Waals surface area contributed by atoms with Gasteiger partial charge in [-0.2, -0.15) is 0 Å². The summed E-state index contributed by atoms with van der Waals surface area (Å²) in [5, 5.41) is 3.08. The van der Waals surface area contributed by atoms with Crippen molar-refractivity contribution in [2.45, 2.75) is 32.4 Å². The molecule has 0 aliphatic heterocycles. The summed E-state index contributed by atoms with van der Waals surface area (Å²) in [5.74, 6) is 1.78. The Labute approximate surface area is 109 Å². The van der Waals surface area contributed by atoms with Crippen LogP contribution in [0.25, 0.3) is 0 Å². The van der Waals surface area contributed by atoms with Crippen molar-refractivity contribution in [3.05, 3.63) is 17.6 Å². The molecule has 0 spiro atoms. The maximum Gasteiger partial charge on any atom is 0.144 e. The molecule has 1 heterocycles. The molecule has 0 bridgehead atoms. The van der Waals surface area contributed by atoms with Crippen molar-refractivity contribution in [1.82, 2.24) is 14.9 Å². The number of aryl methyl sites for hydroxylation is 1. The standard InChI is InChI=1S/C13H22N4O/c1-10-8-12(14-2)16-13(15-10)9-17(6-7-18-3)11-4-5-11/h8,11H,4-7,9H2,1-3H3,(H,14,15,16). The van der Waals surface area contributed by atoms with Gasteiger partial charge < -0.3 is 10.1 Å². The van der Waals surface area contributed by atoms with Crippen LogP contribution >= 0.6 is 0 Å². The zero-order valence-corrected chi connectivity index (χ0v) is 11.4. The minimum Gasteiger partial charge on any atom is -0.383 e. The second-order valence-electron chi connectivity index (χ2n) is 4.76. The van der Waals surface area contributed by atoms with Gasteiger partial charge in [0.05, 0.1) is 13.2 Å². The minimum atomic E-state index is 0.697. The normalized spacial score (nSPS) is 15.1. The predicted octanol–water partition coefficient (Wildman–Crippen LogP) is 1.44. The molecule has 1 aromatic rings. The highest BCUT2D eigenvalue weighted by Gasteiger charge is 2.29. The number of anilines is 1. The third-order valence-electron chi connectivity index (χ3n) is 3.15. The summed E-state index contributed by atoms with van der Waals surface area (Å²) in [6, 6.07) is 2.66. The molecular formula is C13H22N4O. The molecule has 1 aliphatic carbocycles. The van der Waals surface area contributed by atoms with Crippen molar-refractivity contribution in [3.63, 3.8) is 0 Å². The molecule has 0 saturated heterocycles. The molecule has 1 saturated carbocycles. The monoisotopic (exact) mass is 250 g/mol. The van der Waals surface area contributed by atoms with Crippen LogP contribution in [0.5, 0.6) is 0 Å². The first-order valence-corrected chi connectivity index (χ1v) is 6.48. The average Bonchev–Trinajstić information content (AvgIpc) is 3.18. The van der Waals surface area contributed by atoms with Crippen LogP contribution < -0.4 is 5.32 Å². The third-order valence-corrected chi connectivity index (χ3v) is 3.15. The first kappa shape index (κ1) is 13.2. The van der Waals surface area contributed by atoms with Crippen molar-refractivity contribution in [1.29, 1.82) is 0 Å². The maximum atomic E-state index is 5.16. The van der Waals surface area contributed by atoms with E-state index in [1.807, 2.05) is 20.0 Å². The number of hydrogen-bond acceptors (Lipinski definition) is 5. The van der Waals surface area contributed by atoms with Crippen molar-refractivity contribution >= 4 is 5.82 Å². The van der Waals surface area contributed by atoms with Crippen molar-refractivity contribution in [3.8, 4) is 0 Å². The lowest BCUT2D eigenvalue weighted by Crippen LogP contribution is -2.30. The van der Waals surface area contributed by atoms with Crippen LogP contribution in [0, 0.1) is 6.92 Å². The van der Waals surface area contributed by atoms with Crippen molar-refractivity contribution < 1.29 is 4.74 Å². The van der Waals surface area contributed by atoms with E-state index in [1.54, 1.807) is 7.11 Å². The Hall–Kier alpha value is -1.20. The van der Waals surface area contributed by atoms with Gasteiger partial charge in [0.15, 0.2) is 0 Å². The molecule has 100 valence electrons. The van der Waals surface area contributed by atoms with Crippen LogP contribution in [-0.4, -0.2) is 48.2 Å². The first-order chi connectivity index (χ1) is 8.72. The third kappa shape index (κ3) is 3.65. The summed E-state index contributed by atoms with van der Waals surface area (Å²) >= 11 is 0. The van der Waals surface area contributed by atoms with Crippen LogP contribution in [0.2, 0.25) is 0 Å². The number of rotatable bonds is 7. The van der Waals surface area contributed by atoms with E-state index in [0.717, 1.165) is 37.0 Å². The van der Waals surface area contributed by atoms with E-state index in [2.05, 4.69) is 20.2 Å². The van der Waals surface area contributed by atoms with Gasteiger partial charge in [0, 0.05) is 38.5 Å². The molecule has 0 atom stereocenters. The van der Waals surface area contributed by atoms with Gasteiger partial charge in [0.2, 0.25) is 0 Å². The number of hydrogen-bond donors (Lipinski definition) is 1. The minimum absolute atomic E-state index is 0.697. The zero-order valence-electron chi connectivity index (χ0n) is 11.4. The second-order valence-corrected chi connectivity index (χ2v) is 4.76. The van der Waals surface area contributed by atoms with Gasteiger partial charge in [-0.25, -0.2) is 9.97 Å². The highest BCUT2D eigenvalue weighted by Crippen LogP contribution is 2.27. The van der Waals surface area contributed by atoms with E-state index < -0.39 is 0 Å². The fraction of sp³-hybridized carbons (Fsp3) is 0.692. The molecular weight excluding hydrogens is 228 g/mol. The first-order valence-electron chi connectivity index (χ1n) is 6.48. The van der Waals surface area contributed by atoms with Gasteiger partial charge in [0.25, 0.3) is 0 Å². The Morgan fingerprint density at radius 2 is 2.22 bits per heavy atom. The van der Waals surface area contributed by atoms with E-state index in [0.29, 0.717) is 6.04 Å². The van der Waals surface area contributed by atoms with E-state index >= 15 is 0 Å². The quantitative estimate of drug-likeness (QED) is 0.793. The predicted molar refractivity (Wildman–Crippen MR) is 71.6 cm³/mol. The average molecular weight is 250 g/mol. The molecule has 0 amide bonds. The van der Waals surface area contributed by atoms with Crippen LogP contribution in [0.4, 0.5) is 5.82 Å². The summed E-state index contributed by atoms with van der Waals surface area (Å²) in [6.45, 7) is 4.53. The largest absolute Gasteiger partial charge is 0.383 e. The van der Waals surface area contributed by atoms with Crippen LogP contribution in [0.1, 0.15) is 24.4 Å². The second kappa shape index (κ2) is 6.11. The fourth-order valence-electron chi connectivity index (χ4n) is 2.05. The Kier molecular flexibility index (Phi) is 4.49. The van der Waals surface area contributed by atoms with Crippen LogP contribution in [0.15, 0.2) is 6.07 Å². The van der Waals surface area contributed by atoms with Gasteiger partial charge in [-0.05, 0) is 19.8 Å². The summed E-state index contributed by atoms with van der Waals surface area (Å²) in [6.07, 6.45) is 2.57. The number of ether oxygens (including phenoxy) is 1. The van der Waals surface area contributed by atoms with E-state index in [-0.39, 0.29) is 0 Å². The molecule has 1 aliphatic rings. The topological polar surface area (TPSA) is 50.3 Å². The molecule has 18 heavy (non-hydrogen) atoms. The molecule has 2 rings (SSSR count). The summed E-state index contributed by atoms with van der Waals surface area (Å²) < 4.78 is 5.16. The molecule has 0 unspecified atom stereocenters. The highest BCUT2D eigenvalue weighted by molar-refractivity contribution is 5.34. The highest BCUT2D eigenvalue weighted by atomic mass is 16.5. The fourth-order valence-corrected chi connectivity index (χ4v) is 2.05. The molecule has 5 nitrogen and oxygen atoms in total. The molecule has 5 heteroatoms. The van der Waals surface area contributed by atoms with Gasteiger partial charge in [-0.3, -0.25) is 4.90 Å². The smallest absolute Gasteiger partial charge is 0.144 e. The van der Waals surface area contributed by atoms with Crippen LogP contribution in [-0.2, 0) is 11.3 Å². The van der Waals surface area contributed by atoms with E-state index in [4.69, 9.17) is 4.74 Å². The van der Waals surface area contributed by atoms with Crippen molar-refractivity contribution in [2.75, 3.05) is 32.6 Å².